The van der Waals surface area contributed by atoms with Gasteiger partial charge in [0.15, 0.2) is 11.5 Å². The summed E-state index contributed by atoms with van der Waals surface area (Å²) in [5.74, 6) is -1.40. The lowest BCUT2D eigenvalue weighted by atomic mass is 9.97. The third kappa shape index (κ3) is 11.5. The predicted molar refractivity (Wildman–Crippen MR) is 141 cm³/mol. The molecule has 0 heterocycles. The second-order valence-corrected chi connectivity index (χ2v) is 11.5. The zero-order valence-electron chi connectivity index (χ0n) is 24.0. The molecule has 0 aliphatic rings. The summed E-state index contributed by atoms with van der Waals surface area (Å²) >= 11 is 0. The SMILES string of the molecule is CCC(C)COC(=O)OC[C@H](C)OC(=O)[C@@H](N)Cc1ccc(OC(=O)C(C)(C)C)c(OC(=O)C(C)(C)C)c1. The zero-order chi connectivity index (χ0) is 29.3. The smallest absolute Gasteiger partial charge is 0.458 e. The molecule has 1 aromatic carbocycles. The highest BCUT2D eigenvalue weighted by molar-refractivity contribution is 5.81. The molecule has 10 heteroatoms. The van der Waals surface area contributed by atoms with E-state index in [-0.39, 0.29) is 37.1 Å². The van der Waals surface area contributed by atoms with E-state index in [1.54, 1.807) is 54.5 Å². The highest BCUT2D eigenvalue weighted by Gasteiger charge is 2.29. The van der Waals surface area contributed by atoms with E-state index in [0.29, 0.717) is 5.56 Å². The first kappa shape index (κ1) is 32.9. The Morgan fingerprint density at radius 2 is 1.37 bits per heavy atom. The largest absolute Gasteiger partial charge is 0.508 e. The van der Waals surface area contributed by atoms with E-state index in [9.17, 15) is 19.2 Å². The Morgan fingerprint density at radius 3 is 1.89 bits per heavy atom. The summed E-state index contributed by atoms with van der Waals surface area (Å²) < 4.78 is 26.3. The molecule has 0 aliphatic carbocycles. The molecule has 0 spiro atoms. The van der Waals surface area contributed by atoms with Crippen molar-refractivity contribution in [1.82, 2.24) is 0 Å². The number of hydrogen-bond acceptors (Lipinski definition) is 10. The van der Waals surface area contributed by atoms with Crippen molar-refractivity contribution in [2.24, 2.45) is 22.5 Å². The maximum Gasteiger partial charge on any atom is 0.508 e. The van der Waals surface area contributed by atoms with E-state index in [0.717, 1.165) is 6.42 Å². The number of carbonyl (C=O) groups is 4. The number of ether oxygens (including phenoxy) is 5. The van der Waals surface area contributed by atoms with E-state index < -0.39 is 47.0 Å². The van der Waals surface area contributed by atoms with Crippen molar-refractivity contribution in [2.75, 3.05) is 13.2 Å². The topological polar surface area (TPSA) is 140 Å². The summed E-state index contributed by atoms with van der Waals surface area (Å²) in [4.78, 5) is 49.1. The minimum atomic E-state index is -1.05. The lowest BCUT2D eigenvalue weighted by molar-refractivity contribution is -0.152. The van der Waals surface area contributed by atoms with Gasteiger partial charge in [0.1, 0.15) is 18.8 Å². The Kier molecular flexibility index (Phi) is 12.2. The number of esters is 3. The Balaban J connectivity index is 2.86. The molecule has 0 fully saturated rings. The van der Waals surface area contributed by atoms with Gasteiger partial charge in [0.25, 0.3) is 0 Å². The predicted octanol–water partition coefficient (Wildman–Crippen LogP) is 4.59. The van der Waals surface area contributed by atoms with Gasteiger partial charge < -0.3 is 29.4 Å². The van der Waals surface area contributed by atoms with Crippen LogP contribution in [0.15, 0.2) is 18.2 Å². The maximum absolute atomic E-state index is 12.5. The van der Waals surface area contributed by atoms with Crippen molar-refractivity contribution >= 4 is 24.1 Å². The molecule has 38 heavy (non-hydrogen) atoms. The summed E-state index contributed by atoms with van der Waals surface area (Å²) in [7, 11) is 0. The van der Waals surface area contributed by atoms with Gasteiger partial charge in [0, 0.05) is 0 Å². The van der Waals surface area contributed by atoms with Crippen molar-refractivity contribution in [3.63, 3.8) is 0 Å². The first-order chi connectivity index (χ1) is 17.4. The van der Waals surface area contributed by atoms with Gasteiger partial charge in [-0.1, -0.05) is 26.3 Å². The molecule has 1 unspecified atom stereocenters. The Morgan fingerprint density at radius 1 is 0.842 bits per heavy atom. The van der Waals surface area contributed by atoms with Crippen LogP contribution in [0.3, 0.4) is 0 Å². The molecule has 2 N–H and O–H groups in total. The summed E-state index contributed by atoms with van der Waals surface area (Å²) in [6, 6.07) is 3.56. The molecule has 1 aromatic rings. The summed E-state index contributed by atoms with van der Waals surface area (Å²) in [6.45, 7) is 15.8. The maximum atomic E-state index is 12.5. The summed E-state index contributed by atoms with van der Waals surface area (Å²) in [5, 5.41) is 0. The number of rotatable bonds is 11. The minimum Gasteiger partial charge on any atom is -0.458 e. The molecule has 0 aromatic heterocycles. The van der Waals surface area contributed by atoms with Gasteiger partial charge in [-0.25, -0.2) is 4.79 Å². The minimum absolute atomic E-state index is 0.0401. The Bertz CT molecular complexity index is 976. The quantitative estimate of drug-likeness (QED) is 0.315. The Hall–Kier alpha value is -3.14. The molecular formula is C28H43NO9. The van der Waals surface area contributed by atoms with Crippen LogP contribution in [-0.4, -0.2) is 49.4 Å². The summed E-state index contributed by atoms with van der Waals surface area (Å²) in [5.41, 5.74) is 5.02. The molecule has 0 amide bonds. The third-order valence-electron chi connectivity index (χ3n) is 5.33. The van der Waals surface area contributed by atoms with Crippen molar-refractivity contribution in [3.05, 3.63) is 23.8 Å². The number of benzene rings is 1. The molecular weight excluding hydrogens is 494 g/mol. The number of carbonyl (C=O) groups excluding carboxylic acids is 4. The van der Waals surface area contributed by atoms with Gasteiger partial charge in [-0.15, -0.1) is 0 Å². The van der Waals surface area contributed by atoms with E-state index in [1.165, 1.54) is 12.1 Å². The average molecular weight is 538 g/mol. The van der Waals surface area contributed by atoms with Crippen molar-refractivity contribution in [2.45, 2.75) is 87.3 Å². The lowest BCUT2D eigenvalue weighted by Gasteiger charge is -2.21. The van der Waals surface area contributed by atoms with E-state index >= 15 is 0 Å². The van der Waals surface area contributed by atoms with Crippen LogP contribution in [0.4, 0.5) is 4.79 Å². The van der Waals surface area contributed by atoms with Crippen LogP contribution in [0.25, 0.3) is 0 Å². The highest BCUT2D eigenvalue weighted by Crippen LogP contribution is 2.33. The fourth-order valence-corrected chi connectivity index (χ4v) is 2.56. The molecule has 0 bridgehead atoms. The van der Waals surface area contributed by atoms with Crippen molar-refractivity contribution in [3.8, 4) is 11.5 Å². The van der Waals surface area contributed by atoms with E-state index in [1.807, 2.05) is 13.8 Å². The first-order valence-corrected chi connectivity index (χ1v) is 12.8. The van der Waals surface area contributed by atoms with Crippen LogP contribution in [0.1, 0.15) is 74.3 Å². The van der Waals surface area contributed by atoms with E-state index in [4.69, 9.17) is 29.4 Å². The molecule has 3 atom stereocenters. The van der Waals surface area contributed by atoms with Crippen LogP contribution in [0, 0.1) is 16.7 Å². The van der Waals surface area contributed by atoms with Crippen LogP contribution in [0.5, 0.6) is 11.5 Å². The molecule has 0 aliphatic heterocycles. The van der Waals surface area contributed by atoms with Gasteiger partial charge in [-0.3, -0.25) is 14.4 Å². The molecule has 0 radical (unpaired) electrons. The third-order valence-corrected chi connectivity index (χ3v) is 5.33. The van der Waals surface area contributed by atoms with Gasteiger partial charge in [0.05, 0.1) is 17.4 Å². The fourth-order valence-electron chi connectivity index (χ4n) is 2.56. The van der Waals surface area contributed by atoms with Crippen molar-refractivity contribution in [1.29, 1.82) is 0 Å². The van der Waals surface area contributed by atoms with Gasteiger partial charge in [-0.05, 0) is 78.5 Å². The first-order valence-electron chi connectivity index (χ1n) is 12.8. The monoisotopic (exact) mass is 537 g/mol. The highest BCUT2D eigenvalue weighted by atomic mass is 16.7. The fraction of sp³-hybridized carbons (Fsp3) is 0.643. The van der Waals surface area contributed by atoms with Crippen LogP contribution >= 0.6 is 0 Å². The van der Waals surface area contributed by atoms with Crippen LogP contribution in [0.2, 0.25) is 0 Å². The van der Waals surface area contributed by atoms with Gasteiger partial charge >= 0.3 is 24.1 Å². The lowest BCUT2D eigenvalue weighted by Crippen LogP contribution is -2.37. The molecule has 10 nitrogen and oxygen atoms in total. The average Bonchev–Trinajstić information content (AvgIpc) is 2.81. The second-order valence-electron chi connectivity index (χ2n) is 11.5. The molecule has 0 saturated heterocycles. The summed E-state index contributed by atoms with van der Waals surface area (Å²) in [6.07, 6.45) is -0.657. The van der Waals surface area contributed by atoms with E-state index in [2.05, 4.69) is 0 Å². The molecule has 1 rings (SSSR count). The van der Waals surface area contributed by atoms with Gasteiger partial charge in [-0.2, -0.15) is 0 Å². The number of nitrogens with two attached hydrogens (primary N) is 1. The van der Waals surface area contributed by atoms with Crippen molar-refractivity contribution < 1.29 is 42.9 Å². The number of hydrogen-bond donors (Lipinski definition) is 1. The zero-order valence-corrected chi connectivity index (χ0v) is 24.0. The molecule has 0 saturated carbocycles. The molecule has 214 valence electrons. The van der Waals surface area contributed by atoms with Gasteiger partial charge in [0.2, 0.25) is 0 Å². The second kappa shape index (κ2) is 14.1. The Labute approximate surface area is 225 Å². The standard InChI is InChI=1S/C28H43NO9/c1-10-17(2)15-34-26(33)35-16-18(3)36-23(30)20(29)13-19-11-12-21(37-24(31)27(4,5)6)22(14-19)38-25(32)28(7,8)9/h11-12,14,17-18,20H,10,13,15-16,29H2,1-9H3/t17?,18-,20-/m0/s1. The van der Waals surface area contributed by atoms with Crippen LogP contribution < -0.4 is 15.2 Å². The van der Waals surface area contributed by atoms with Crippen LogP contribution in [-0.2, 0) is 35.0 Å². The normalized spacial score (nSPS) is 14.1.